The SMILES string of the molecule is O=C(Nc1ccccc1OC(F)(F)F)C(c1ccccc1)c1ccccc1. The second-order valence-electron chi connectivity index (χ2n) is 5.79. The number of carbonyl (C=O) groups is 1. The molecule has 3 nitrogen and oxygen atoms in total. The first-order valence-electron chi connectivity index (χ1n) is 8.19. The summed E-state index contributed by atoms with van der Waals surface area (Å²) >= 11 is 0. The monoisotopic (exact) mass is 371 g/mol. The molecule has 27 heavy (non-hydrogen) atoms. The Hall–Kier alpha value is -3.28. The third-order valence-electron chi connectivity index (χ3n) is 3.90. The first-order valence-corrected chi connectivity index (χ1v) is 8.19. The van der Waals surface area contributed by atoms with Gasteiger partial charge in [-0.15, -0.1) is 13.2 Å². The number of rotatable bonds is 5. The number of amides is 1. The molecule has 3 aromatic carbocycles. The highest BCUT2D eigenvalue weighted by Gasteiger charge is 2.32. The number of anilines is 1. The molecule has 3 aromatic rings. The Morgan fingerprint density at radius 2 is 1.26 bits per heavy atom. The summed E-state index contributed by atoms with van der Waals surface area (Å²) in [5.74, 6) is -1.59. The molecule has 0 aliphatic heterocycles. The zero-order chi connectivity index (χ0) is 19.3. The maximum Gasteiger partial charge on any atom is 0.573 e. The molecule has 0 saturated heterocycles. The fourth-order valence-electron chi connectivity index (χ4n) is 2.77. The third-order valence-corrected chi connectivity index (χ3v) is 3.90. The van der Waals surface area contributed by atoms with Crippen LogP contribution in [-0.4, -0.2) is 12.3 Å². The van der Waals surface area contributed by atoms with Crippen molar-refractivity contribution in [1.82, 2.24) is 0 Å². The minimum absolute atomic E-state index is 0.0447. The van der Waals surface area contributed by atoms with E-state index in [-0.39, 0.29) is 5.69 Å². The molecule has 0 aliphatic carbocycles. The zero-order valence-corrected chi connectivity index (χ0v) is 14.1. The van der Waals surface area contributed by atoms with Crippen LogP contribution < -0.4 is 10.1 Å². The van der Waals surface area contributed by atoms with E-state index in [1.165, 1.54) is 18.2 Å². The molecule has 1 amide bonds. The van der Waals surface area contributed by atoms with E-state index in [0.29, 0.717) is 0 Å². The van der Waals surface area contributed by atoms with Crippen LogP contribution in [0.2, 0.25) is 0 Å². The van der Waals surface area contributed by atoms with Crippen LogP contribution in [0.25, 0.3) is 0 Å². The fourth-order valence-corrected chi connectivity index (χ4v) is 2.77. The van der Waals surface area contributed by atoms with Gasteiger partial charge in [0.2, 0.25) is 5.91 Å². The quantitative estimate of drug-likeness (QED) is 0.656. The van der Waals surface area contributed by atoms with Gasteiger partial charge in [-0.2, -0.15) is 0 Å². The largest absolute Gasteiger partial charge is 0.573 e. The van der Waals surface area contributed by atoms with E-state index >= 15 is 0 Å². The van der Waals surface area contributed by atoms with Gasteiger partial charge >= 0.3 is 6.36 Å². The Balaban J connectivity index is 1.93. The van der Waals surface area contributed by atoms with Crippen LogP contribution >= 0.6 is 0 Å². The lowest BCUT2D eigenvalue weighted by Gasteiger charge is -2.19. The van der Waals surface area contributed by atoms with Gasteiger partial charge in [0.1, 0.15) is 0 Å². The number of ether oxygens (including phenoxy) is 1. The third kappa shape index (κ3) is 4.88. The van der Waals surface area contributed by atoms with Crippen molar-refractivity contribution in [2.45, 2.75) is 12.3 Å². The standard InChI is InChI=1S/C21H16F3NO2/c22-21(23,24)27-18-14-8-7-13-17(18)25-20(26)19(15-9-3-1-4-10-15)16-11-5-2-6-12-16/h1-14,19H,(H,25,26). The topological polar surface area (TPSA) is 38.3 Å². The molecule has 0 radical (unpaired) electrons. The molecule has 0 spiro atoms. The molecule has 3 rings (SSSR count). The van der Waals surface area contributed by atoms with E-state index in [9.17, 15) is 18.0 Å². The highest BCUT2D eigenvalue weighted by molar-refractivity contribution is 5.99. The summed E-state index contributed by atoms with van der Waals surface area (Å²) in [5, 5.41) is 2.57. The summed E-state index contributed by atoms with van der Waals surface area (Å²) in [6, 6.07) is 23.5. The van der Waals surface area contributed by atoms with Crippen LogP contribution in [0, 0.1) is 0 Å². The van der Waals surface area contributed by atoms with Crippen LogP contribution in [0.4, 0.5) is 18.9 Å². The van der Waals surface area contributed by atoms with Crippen molar-refractivity contribution in [3.63, 3.8) is 0 Å². The van der Waals surface area contributed by atoms with Crippen LogP contribution in [0.15, 0.2) is 84.9 Å². The predicted octanol–water partition coefficient (Wildman–Crippen LogP) is 5.36. The molecule has 0 aliphatic rings. The van der Waals surface area contributed by atoms with Gasteiger partial charge in [0.05, 0.1) is 11.6 Å². The van der Waals surface area contributed by atoms with Crippen LogP contribution in [0.3, 0.4) is 0 Å². The Morgan fingerprint density at radius 1 is 0.778 bits per heavy atom. The summed E-state index contributed by atoms with van der Waals surface area (Å²) in [6.45, 7) is 0. The summed E-state index contributed by atoms with van der Waals surface area (Å²) < 4.78 is 41.8. The molecule has 6 heteroatoms. The normalized spacial score (nSPS) is 11.3. The highest BCUT2D eigenvalue weighted by atomic mass is 19.4. The van der Waals surface area contributed by atoms with Gasteiger partial charge in [0.15, 0.2) is 5.75 Å². The lowest BCUT2D eigenvalue weighted by molar-refractivity contribution is -0.274. The average molecular weight is 371 g/mol. The van der Waals surface area contributed by atoms with Crippen molar-refractivity contribution in [3.05, 3.63) is 96.1 Å². The maximum atomic E-state index is 13.0. The van der Waals surface area contributed by atoms with Gasteiger partial charge < -0.3 is 10.1 Å². The fraction of sp³-hybridized carbons (Fsp3) is 0.0952. The highest BCUT2D eigenvalue weighted by Crippen LogP contribution is 2.32. The van der Waals surface area contributed by atoms with E-state index in [1.54, 1.807) is 48.5 Å². The summed E-state index contributed by atoms with van der Waals surface area (Å²) in [7, 11) is 0. The lowest BCUT2D eigenvalue weighted by atomic mass is 9.90. The van der Waals surface area contributed by atoms with E-state index in [4.69, 9.17) is 0 Å². The molecule has 0 saturated carbocycles. The van der Waals surface area contributed by atoms with Crippen LogP contribution in [-0.2, 0) is 4.79 Å². The summed E-state index contributed by atoms with van der Waals surface area (Å²) in [6.07, 6.45) is -4.85. The number of nitrogens with one attached hydrogen (secondary N) is 1. The van der Waals surface area contributed by atoms with E-state index in [1.807, 2.05) is 12.1 Å². The number of halogens is 3. The minimum atomic E-state index is -4.85. The van der Waals surface area contributed by atoms with Gasteiger partial charge in [-0.3, -0.25) is 4.79 Å². The van der Waals surface area contributed by atoms with Crippen LogP contribution in [0.1, 0.15) is 17.0 Å². The molecule has 138 valence electrons. The molecule has 0 aromatic heterocycles. The van der Waals surface area contributed by atoms with Crippen LogP contribution in [0.5, 0.6) is 5.75 Å². The average Bonchev–Trinajstić information content (AvgIpc) is 2.64. The van der Waals surface area contributed by atoms with E-state index in [0.717, 1.165) is 17.2 Å². The van der Waals surface area contributed by atoms with Crippen molar-refractivity contribution >= 4 is 11.6 Å². The Kier molecular flexibility index (Phi) is 5.45. The molecule has 0 atom stereocenters. The number of benzene rings is 3. The smallest absolute Gasteiger partial charge is 0.404 e. The molecule has 0 fully saturated rings. The van der Waals surface area contributed by atoms with Gasteiger partial charge in [-0.1, -0.05) is 72.8 Å². The molecular weight excluding hydrogens is 355 g/mol. The van der Waals surface area contributed by atoms with Gasteiger partial charge in [0, 0.05) is 0 Å². The first kappa shape index (κ1) is 18.5. The molecule has 0 unspecified atom stereocenters. The Bertz CT molecular complexity index is 857. The Morgan fingerprint density at radius 3 is 1.78 bits per heavy atom. The number of para-hydroxylation sites is 2. The summed E-state index contributed by atoms with van der Waals surface area (Å²) in [4.78, 5) is 13.0. The number of carbonyl (C=O) groups excluding carboxylic acids is 1. The minimum Gasteiger partial charge on any atom is -0.404 e. The molecular formula is C21H16F3NO2. The van der Waals surface area contributed by atoms with Gasteiger partial charge in [-0.25, -0.2) is 0 Å². The van der Waals surface area contributed by atoms with Gasteiger partial charge in [0.25, 0.3) is 0 Å². The lowest BCUT2D eigenvalue weighted by Crippen LogP contribution is -2.24. The maximum absolute atomic E-state index is 13.0. The first-order chi connectivity index (χ1) is 12.9. The summed E-state index contributed by atoms with van der Waals surface area (Å²) in [5.41, 5.74) is 1.42. The van der Waals surface area contributed by atoms with Crippen molar-refractivity contribution in [2.75, 3.05) is 5.32 Å². The second kappa shape index (κ2) is 7.95. The molecule has 0 heterocycles. The van der Waals surface area contributed by atoms with Crippen molar-refractivity contribution in [3.8, 4) is 5.75 Å². The van der Waals surface area contributed by atoms with E-state index < -0.39 is 23.9 Å². The van der Waals surface area contributed by atoms with Gasteiger partial charge in [-0.05, 0) is 23.3 Å². The predicted molar refractivity (Wildman–Crippen MR) is 96.5 cm³/mol. The van der Waals surface area contributed by atoms with E-state index in [2.05, 4.69) is 10.1 Å². The molecule has 0 bridgehead atoms. The zero-order valence-electron chi connectivity index (χ0n) is 14.1. The van der Waals surface area contributed by atoms with Crippen molar-refractivity contribution in [2.24, 2.45) is 0 Å². The van der Waals surface area contributed by atoms with Crippen molar-refractivity contribution < 1.29 is 22.7 Å². The second-order valence-corrected chi connectivity index (χ2v) is 5.79. The Labute approximate surface area is 154 Å². The molecule has 1 N–H and O–H groups in total. The number of hydrogen-bond acceptors (Lipinski definition) is 2. The number of hydrogen-bond donors (Lipinski definition) is 1. The van der Waals surface area contributed by atoms with Crippen molar-refractivity contribution in [1.29, 1.82) is 0 Å². The number of alkyl halides is 3.